The highest BCUT2D eigenvalue weighted by Gasteiger charge is 2.29. The Morgan fingerprint density at radius 2 is 2.04 bits per heavy atom. The van der Waals surface area contributed by atoms with Crippen molar-refractivity contribution in [2.45, 2.75) is 12.8 Å². The van der Waals surface area contributed by atoms with Gasteiger partial charge in [0.25, 0.3) is 6.43 Å². The van der Waals surface area contributed by atoms with Gasteiger partial charge in [0, 0.05) is 42.7 Å². The molecule has 24 heavy (non-hydrogen) atoms. The molecule has 1 aliphatic rings. The van der Waals surface area contributed by atoms with E-state index in [1.54, 1.807) is 12.3 Å². The minimum atomic E-state index is -2.61. The minimum Gasteiger partial charge on any atom is -0.469 e. The summed E-state index contributed by atoms with van der Waals surface area (Å²) in [4.78, 5) is 21.3. The maximum atomic E-state index is 12.8. The van der Waals surface area contributed by atoms with Crippen molar-refractivity contribution in [3.05, 3.63) is 42.4 Å². The van der Waals surface area contributed by atoms with Crippen molar-refractivity contribution in [3.63, 3.8) is 0 Å². The third kappa shape index (κ3) is 3.50. The summed E-state index contributed by atoms with van der Waals surface area (Å²) in [6, 6.07) is 6.74. The maximum Gasteiger partial charge on any atom is 0.305 e. The van der Waals surface area contributed by atoms with Crippen molar-refractivity contribution in [1.29, 1.82) is 0 Å². The van der Waals surface area contributed by atoms with E-state index in [9.17, 15) is 13.6 Å². The summed E-state index contributed by atoms with van der Waals surface area (Å²) in [6.07, 6.45) is 0.817. The van der Waals surface area contributed by atoms with Gasteiger partial charge in [0.05, 0.1) is 19.2 Å². The molecule has 0 aromatic carbocycles. The molecular weight excluding hydrogens is 316 g/mol. The van der Waals surface area contributed by atoms with Crippen molar-refractivity contribution >= 4 is 11.7 Å². The summed E-state index contributed by atoms with van der Waals surface area (Å²) in [5.74, 6) is 0.0757. The smallest absolute Gasteiger partial charge is 0.305 e. The lowest BCUT2D eigenvalue weighted by atomic mass is 9.95. The molecule has 1 fully saturated rings. The van der Waals surface area contributed by atoms with Crippen molar-refractivity contribution in [1.82, 2.24) is 9.97 Å². The average Bonchev–Trinajstić information content (AvgIpc) is 2.57. The Labute approximate surface area is 138 Å². The first kappa shape index (κ1) is 16.3. The molecule has 3 heterocycles. The van der Waals surface area contributed by atoms with Crippen molar-refractivity contribution in [2.24, 2.45) is 5.92 Å². The molecular formula is C17H17F2N3O2. The second-order valence-electron chi connectivity index (χ2n) is 5.72. The highest BCUT2D eigenvalue weighted by atomic mass is 19.3. The number of hydrogen-bond donors (Lipinski definition) is 0. The number of halogens is 2. The molecule has 0 radical (unpaired) electrons. The van der Waals surface area contributed by atoms with E-state index in [0.717, 1.165) is 18.8 Å². The molecule has 7 heteroatoms. The molecule has 5 nitrogen and oxygen atoms in total. The molecule has 2 aromatic heterocycles. The number of pyridine rings is 2. The number of nitrogens with zero attached hydrogens (tertiary/aromatic N) is 3. The van der Waals surface area contributed by atoms with Gasteiger partial charge in [0.1, 0.15) is 5.69 Å². The number of carbonyl (C=O) groups is 1. The third-order valence-electron chi connectivity index (χ3n) is 4.05. The molecule has 126 valence electrons. The number of hydrogen-bond acceptors (Lipinski definition) is 5. The standard InChI is InChI=1S/C17H17F2N3O2/c1-24-16(23)6-11-9-22(10-11)13-3-5-20-14(8-13)12-2-4-21-15(7-12)17(18)19/h2-5,7-8,11,17H,6,9-10H2,1H3. The number of aromatic nitrogens is 2. The van der Waals surface area contributed by atoms with Crippen molar-refractivity contribution in [3.8, 4) is 11.3 Å². The molecule has 0 aliphatic carbocycles. The van der Waals surface area contributed by atoms with Crippen LogP contribution in [0.3, 0.4) is 0 Å². The quantitative estimate of drug-likeness (QED) is 0.787. The second kappa shape index (κ2) is 6.90. The Hall–Kier alpha value is -2.57. The number of rotatable bonds is 5. The number of methoxy groups -OCH3 is 1. The van der Waals surface area contributed by atoms with Gasteiger partial charge in [-0.2, -0.15) is 0 Å². The zero-order chi connectivity index (χ0) is 17.1. The molecule has 2 aromatic rings. The van der Waals surface area contributed by atoms with Gasteiger partial charge in [-0.15, -0.1) is 0 Å². The first-order chi connectivity index (χ1) is 11.6. The van der Waals surface area contributed by atoms with Crippen LogP contribution in [0.4, 0.5) is 14.5 Å². The fourth-order valence-corrected chi connectivity index (χ4v) is 2.73. The third-order valence-corrected chi connectivity index (χ3v) is 4.05. The number of alkyl halides is 2. The lowest BCUT2D eigenvalue weighted by Gasteiger charge is -2.40. The predicted molar refractivity (Wildman–Crippen MR) is 84.8 cm³/mol. The van der Waals surface area contributed by atoms with Crippen LogP contribution >= 0.6 is 0 Å². The van der Waals surface area contributed by atoms with Crippen LogP contribution in [0.2, 0.25) is 0 Å². The van der Waals surface area contributed by atoms with E-state index < -0.39 is 6.43 Å². The van der Waals surface area contributed by atoms with Crippen molar-refractivity contribution < 1.29 is 18.3 Å². The maximum absolute atomic E-state index is 12.8. The summed E-state index contributed by atoms with van der Waals surface area (Å²) in [5.41, 5.74) is 1.92. The Bertz CT molecular complexity index is 733. The zero-order valence-corrected chi connectivity index (χ0v) is 13.2. The van der Waals surface area contributed by atoms with Crippen LogP contribution in [0.25, 0.3) is 11.3 Å². The monoisotopic (exact) mass is 333 g/mol. The van der Waals surface area contributed by atoms with E-state index in [1.807, 2.05) is 12.1 Å². The van der Waals surface area contributed by atoms with Crippen LogP contribution in [0.5, 0.6) is 0 Å². The summed E-state index contributed by atoms with van der Waals surface area (Å²) in [5, 5.41) is 0. The van der Waals surface area contributed by atoms with Gasteiger partial charge >= 0.3 is 5.97 Å². The molecule has 0 unspecified atom stereocenters. The molecule has 0 amide bonds. The van der Waals surface area contributed by atoms with Crippen LogP contribution < -0.4 is 4.90 Å². The van der Waals surface area contributed by atoms with Crippen LogP contribution in [0.1, 0.15) is 18.5 Å². The van der Waals surface area contributed by atoms with E-state index in [2.05, 4.69) is 19.6 Å². The highest BCUT2D eigenvalue weighted by Crippen LogP contribution is 2.30. The first-order valence-electron chi connectivity index (χ1n) is 7.59. The van der Waals surface area contributed by atoms with E-state index in [0.29, 0.717) is 17.7 Å². The zero-order valence-electron chi connectivity index (χ0n) is 13.2. The van der Waals surface area contributed by atoms with E-state index >= 15 is 0 Å². The first-order valence-corrected chi connectivity index (χ1v) is 7.59. The fourth-order valence-electron chi connectivity index (χ4n) is 2.73. The predicted octanol–water partition coefficient (Wildman–Crippen LogP) is 3.08. The van der Waals surface area contributed by atoms with Gasteiger partial charge in [-0.25, -0.2) is 8.78 Å². The molecule has 1 aliphatic heterocycles. The van der Waals surface area contributed by atoms with Gasteiger partial charge in [-0.05, 0) is 24.3 Å². The summed E-state index contributed by atoms with van der Waals surface area (Å²) < 4.78 is 30.2. The lowest BCUT2D eigenvalue weighted by Crippen LogP contribution is -2.47. The van der Waals surface area contributed by atoms with Crippen LogP contribution in [0, 0.1) is 5.92 Å². The van der Waals surface area contributed by atoms with E-state index in [-0.39, 0.29) is 17.6 Å². The summed E-state index contributed by atoms with van der Waals surface area (Å²) in [7, 11) is 1.39. The molecule has 0 saturated carbocycles. The molecule has 0 N–H and O–H groups in total. The Morgan fingerprint density at radius 1 is 1.29 bits per heavy atom. The fraction of sp³-hybridized carbons (Fsp3) is 0.353. The lowest BCUT2D eigenvalue weighted by molar-refractivity contribution is -0.141. The Balaban J connectivity index is 1.72. The summed E-state index contributed by atoms with van der Waals surface area (Å²) >= 11 is 0. The average molecular weight is 333 g/mol. The molecule has 0 atom stereocenters. The van der Waals surface area contributed by atoms with Gasteiger partial charge in [-0.3, -0.25) is 14.8 Å². The van der Waals surface area contributed by atoms with Crippen LogP contribution in [-0.2, 0) is 9.53 Å². The number of anilines is 1. The SMILES string of the molecule is COC(=O)CC1CN(c2ccnc(-c3ccnc(C(F)F)c3)c2)C1. The number of esters is 1. The second-order valence-corrected chi connectivity index (χ2v) is 5.72. The number of carbonyl (C=O) groups excluding carboxylic acids is 1. The van der Waals surface area contributed by atoms with Gasteiger partial charge in [0.15, 0.2) is 0 Å². The van der Waals surface area contributed by atoms with Crippen molar-refractivity contribution in [2.75, 3.05) is 25.1 Å². The Kier molecular flexibility index (Phi) is 4.69. The van der Waals surface area contributed by atoms with Crippen LogP contribution in [-0.4, -0.2) is 36.1 Å². The van der Waals surface area contributed by atoms with Gasteiger partial charge in [-0.1, -0.05) is 0 Å². The molecule has 0 bridgehead atoms. The molecule has 1 saturated heterocycles. The largest absolute Gasteiger partial charge is 0.469 e. The van der Waals surface area contributed by atoms with Gasteiger partial charge in [0.2, 0.25) is 0 Å². The van der Waals surface area contributed by atoms with Crippen LogP contribution in [0.15, 0.2) is 36.7 Å². The normalized spacial score (nSPS) is 14.6. The van der Waals surface area contributed by atoms with E-state index in [1.165, 1.54) is 19.4 Å². The number of ether oxygens (including phenoxy) is 1. The molecule has 3 rings (SSSR count). The Morgan fingerprint density at radius 3 is 2.75 bits per heavy atom. The summed E-state index contributed by atoms with van der Waals surface area (Å²) in [6.45, 7) is 1.52. The van der Waals surface area contributed by atoms with E-state index in [4.69, 9.17) is 0 Å². The molecule has 0 spiro atoms. The highest BCUT2D eigenvalue weighted by molar-refractivity contribution is 5.70. The topological polar surface area (TPSA) is 55.3 Å². The van der Waals surface area contributed by atoms with Gasteiger partial charge < -0.3 is 9.64 Å². The minimum absolute atomic E-state index is 0.202.